The first-order chi connectivity index (χ1) is 6.25. The fourth-order valence-electron chi connectivity index (χ4n) is 1.99. The minimum Gasteiger partial charge on any atom is -0.310 e. The molecule has 2 aliphatic rings. The maximum absolute atomic E-state index is 12.9. The largest absolute Gasteiger partial charge is 0.310 e. The van der Waals surface area contributed by atoms with E-state index in [-0.39, 0.29) is 17.8 Å². The maximum Gasteiger partial charge on any atom is 0.114 e. The van der Waals surface area contributed by atoms with Crippen molar-refractivity contribution >= 4 is 0 Å². The van der Waals surface area contributed by atoms with Crippen LogP contribution in [0.3, 0.4) is 0 Å². The van der Waals surface area contributed by atoms with E-state index in [1.54, 1.807) is 6.08 Å². The van der Waals surface area contributed by atoms with E-state index in [0.29, 0.717) is 19.4 Å². The van der Waals surface area contributed by atoms with Crippen molar-refractivity contribution in [2.75, 3.05) is 6.54 Å². The van der Waals surface area contributed by atoms with Crippen LogP contribution in [0.25, 0.3) is 0 Å². The zero-order chi connectivity index (χ0) is 9.26. The molecule has 0 radical (unpaired) electrons. The summed E-state index contributed by atoms with van der Waals surface area (Å²) < 4.78 is 25.7. The third-order valence-corrected chi connectivity index (χ3v) is 2.69. The van der Waals surface area contributed by atoms with Crippen molar-refractivity contribution in [1.29, 1.82) is 0 Å². The highest BCUT2D eigenvalue weighted by Crippen LogP contribution is 2.27. The molecule has 0 saturated carbocycles. The lowest BCUT2D eigenvalue weighted by Crippen LogP contribution is -2.29. The number of hydrogen-bond donors (Lipinski definition) is 1. The second kappa shape index (κ2) is 3.58. The van der Waals surface area contributed by atoms with Crippen LogP contribution in [0.15, 0.2) is 24.1 Å². The van der Waals surface area contributed by atoms with Crippen LogP contribution < -0.4 is 5.32 Å². The molecular formula is C10H13F2N. The molecule has 0 aromatic heterocycles. The SMILES string of the molecule is FC1=CC=C[C@H](C2C[C@@H](F)CN2)C1. The van der Waals surface area contributed by atoms with Crippen LogP contribution in [0.5, 0.6) is 0 Å². The Morgan fingerprint density at radius 1 is 1.46 bits per heavy atom. The fraction of sp³-hybridized carbons (Fsp3) is 0.600. The highest BCUT2D eigenvalue weighted by molar-refractivity contribution is 5.17. The third kappa shape index (κ3) is 1.97. The average molecular weight is 185 g/mol. The van der Waals surface area contributed by atoms with Gasteiger partial charge in [-0.15, -0.1) is 0 Å². The molecule has 1 N–H and O–H groups in total. The van der Waals surface area contributed by atoms with Gasteiger partial charge in [0.15, 0.2) is 0 Å². The second-order valence-electron chi connectivity index (χ2n) is 3.71. The van der Waals surface area contributed by atoms with Crippen molar-refractivity contribution in [2.24, 2.45) is 5.92 Å². The van der Waals surface area contributed by atoms with E-state index >= 15 is 0 Å². The van der Waals surface area contributed by atoms with Gasteiger partial charge in [0, 0.05) is 19.0 Å². The van der Waals surface area contributed by atoms with E-state index < -0.39 is 6.17 Å². The minimum absolute atomic E-state index is 0.100. The van der Waals surface area contributed by atoms with Crippen LogP contribution in [0.2, 0.25) is 0 Å². The van der Waals surface area contributed by atoms with Crippen molar-refractivity contribution in [3.63, 3.8) is 0 Å². The highest BCUT2D eigenvalue weighted by atomic mass is 19.1. The summed E-state index contributed by atoms with van der Waals surface area (Å²) in [7, 11) is 0. The zero-order valence-corrected chi connectivity index (χ0v) is 7.34. The summed E-state index contributed by atoms with van der Waals surface area (Å²) >= 11 is 0. The van der Waals surface area contributed by atoms with Crippen molar-refractivity contribution in [3.05, 3.63) is 24.1 Å². The van der Waals surface area contributed by atoms with Gasteiger partial charge >= 0.3 is 0 Å². The summed E-state index contributed by atoms with van der Waals surface area (Å²) in [6, 6.07) is 0.116. The van der Waals surface area contributed by atoms with Crippen molar-refractivity contribution in [3.8, 4) is 0 Å². The quantitative estimate of drug-likeness (QED) is 0.659. The van der Waals surface area contributed by atoms with Gasteiger partial charge in [0.1, 0.15) is 12.0 Å². The van der Waals surface area contributed by atoms with Crippen LogP contribution in [0.4, 0.5) is 8.78 Å². The van der Waals surface area contributed by atoms with Crippen molar-refractivity contribution in [2.45, 2.75) is 25.1 Å². The Bertz CT molecular complexity index is 247. The van der Waals surface area contributed by atoms with E-state index in [9.17, 15) is 8.78 Å². The lowest BCUT2D eigenvalue weighted by molar-refractivity contribution is 0.341. The molecule has 0 amide bonds. The summed E-state index contributed by atoms with van der Waals surface area (Å²) in [5.74, 6) is 0.0300. The lowest BCUT2D eigenvalue weighted by Gasteiger charge is -2.21. The Labute approximate surface area is 76.5 Å². The van der Waals surface area contributed by atoms with E-state index in [1.807, 2.05) is 6.08 Å². The van der Waals surface area contributed by atoms with Crippen molar-refractivity contribution in [1.82, 2.24) is 5.32 Å². The summed E-state index contributed by atoms with van der Waals surface area (Å²) in [5.41, 5.74) is 0. The number of halogens is 2. The zero-order valence-electron chi connectivity index (χ0n) is 7.34. The van der Waals surface area contributed by atoms with Gasteiger partial charge in [-0.3, -0.25) is 0 Å². The molecule has 0 aromatic rings. The summed E-state index contributed by atoms with van der Waals surface area (Å²) in [5, 5.41) is 3.08. The number of hydrogen-bond acceptors (Lipinski definition) is 1. The first kappa shape index (κ1) is 8.88. The van der Waals surface area contributed by atoms with Crippen LogP contribution in [-0.2, 0) is 0 Å². The molecule has 1 fully saturated rings. The van der Waals surface area contributed by atoms with E-state index in [2.05, 4.69) is 5.32 Å². The first-order valence-electron chi connectivity index (χ1n) is 4.66. The minimum atomic E-state index is -0.757. The molecule has 1 saturated heterocycles. The molecule has 1 aliphatic carbocycles. The van der Waals surface area contributed by atoms with Gasteiger partial charge in [-0.1, -0.05) is 12.2 Å². The van der Waals surface area contributed by atoms with Gasteiger partial charge in [-0.2, -0.15) is 0 Å². The fourth-order valence-corrected chi connectivity index (χ4v) is 1.99. The Hall–Kier alpha value is -0.700. The van der Waals surface area contributed by atoms with Gasteiger partial charge in [-0.25, -0.2) is 8.78 Å². The molecule has 1 aliphatic heterocycles. The summed E-state index contributed by atoms with van der Waals surface area (Å²) in [6.45, 7) is 0.417. The van der Waals surface area contributed by atoms with Gasteiger partial charge in [0.05, 0.1) is 0 Å². The molecule has 0 spiro atoms. The van der Waals surface area contributed by atoms with Gasteiger partial charge < -0.3 is 5.32 Å². The third-order valence-electron chi connectivity index (χ3n) is 2.69. The first-order valence-corrected chi connectivity index (χ1v) is 4.66. The predicted octanol–water partition coefficient (Wildman–Crippen LogP) is 2.12. The smallest absolute Gasteiger partial charge is 0.114 e. The molecule has 1 unspecified atom stereocenters. The van der Waals surface area contributed by atoms with Crippen molar-refractivity contribution < 1.29 is 8.78 Å². The number of alkyl halides is 1. The number of rotatable bonds is 1. The Balaban J connectivity index is 1.96. The van der Waals surface area contributed by atoms with Crippen LogP contribution >= 0.6 is 0 Å². The molecule has 0 aromatic carbocycles. The molecule has 13 heavy (non-hydrogen) atoms. The van der Waals surface area contributed by atoms with E-state index in [4.69, 9.17) is 0 Å². The predicted molar refractivity (Wildman–Crippen MR) is 47.7 cm³/mol. The Morgan fingerprint density at radius 2 is 2.31 bits per heavy atom. The lowest BCUT2D eigenvalue weighted by atomic mass is 9.91. The molecule has 3 atom stereocenters. The highest BCUT2D eigenvalue weighted by Gasteiger charge is 2.30. The Kier molecular flexibility index (Phi) is 2.44. The average Bonchev–Trinajstić information content (AvgIpc) is 2.52. The van der Waals surface area contributed by atoms with Crippen LogP contribution in [-0.4, -0.2) is 18.8 Å². The second-order valence-corrected chi connectivity index (χ2v) is 3.71. The van der Waals surface area contributed by atoms with E-state index in [0.717, 1.165) is 0 Å². The monoisotopic (exact) mass is 185 g/mol. The molecule has 0 bridgehead atoms. The normalized spacial score (nSPS) is 39.2. The maximum atomic E-state index is 12.9. The van der Waals surface area contributed by atoms with Crippen LogP contribution in [0, 0.1) is 5.92 Å². The van der Waals surface area contributed by atoms with E-state index in [1.165, 1.54) is 6.08 Å². The Morgan fingerprint density at radius 3 is 2.92 bits per heavy atom. The van der Waals surface area contributed by atoms with Gasteiger partial charge in [0.2, 0.25) is 0 Å². The topological polar surface area (TPSA) is 12.0 Å². The van der Waals surface area contributed by atoms with Gasteiger partial charge in [0.25, 0.3) is 0 Å². The molecule has 72 valence electrons. The molecular weight excluding hydrogens is 172 g/mol. The number of nitrogens with one attached hydrogen (secondary N) is 1. The standard InChI is InChI=1S/C10H13F2N/c11-8-3-1-2-7(4-8)10-5-9(12)6-13-10/h1-3,7,9-10,13H,4-6H2/t7-,9+,10?/m0/s1. The number of allylic oxidation sites excluding steroid dienone is 3. The molecule has 2 rings (SSSR count). The molecule has 3 heteroatoms. The van der Waals surface area contributed by atoms with Gasteiger partial charge in [-0.05, 0) is 18.4 Å². The summed E-state index contributed by atoms with van der Waals surface area (Å²) in [4.78, 5) is 0. The molecule has 1 heterocycles. The van der Waals surface area contributed by atoms with Crippen LogP contribution in [0.1, 0.15) is 12.8 Å². The summed E-state index contributed by atoms with van der Waals surface area (Å²) in [6.07, 6.45) is 5.32. The molecule has 1 nitrogen and oxygen atoms in total.